The molecule has 1 saturated heterocycles. The number of piperidine rings is 1. The summed E-state index contributed by atoms with van der Waals surface area (Å²) < 4.78 is 25.9. The molecule has 6 nitrogen and oxygen atoms in total. The number of carbonyl (C=O) groups excluding carboxylic acids is 1. The quantitative estimate of drug-likeness (QED) is 0.593. The van der Waals surface area contributed by atoms with Gasteiger partial charge >= 0.3 is 7.60 Å². The summed E-state index contributed by atoms with van der Waals surface area (Å²) in [5.74, 6) is -0.355. The van der Waals surface area contributed by atoms with Gasteiger partial charge in [-0.3, -0.25) is 4.79 Å². The summed E-state index contributed by atoms with van der Waals surface area (Å²) in [7, 11) is -3.86. The number of halogens is 2. The Morgan fingerprint density at radius 1 is 1.03 bits per heavy atom. The van der Waals surface area contributed by atoms with Gasteiger partial charge in [-0.25, -0.2) is 4.57 Å². The van der Waals surface area contributed by atoms with Crippen LogP contribution in [0.2, 0.25) is 10.0 Å². The molecule has 2 N–H and O–H groups in total. The molecule has 0 radical (unpaired) electrons. The van der Waals surface area contributed by atoms with E-state index in [4.69, 9.17) is 38.0 Å². The molecule has 2 aromatic carbocycles. The van der Waals surface area contributed by atoms with Gasteiger partial charge in [0, 0.05) is 16.6 Å². The van der Waals surface area contributed by atoms with E-state index in [9.17, 15) is 9.36 Å². The van der Waals surface area contributed by atoms with E-state index in [1.807, 2.05) is 0 Å². The molecule has 9 heteroatoms. The van der Waals surface area contributed by atoms with Crippen LogP contribution in [-0.2, 0) is 9.36 Å². The fourth-order valence-corrected chi connectivity index (χ4v) is 5.62. The zero-order valence-electron chi connectivity index (χ0n) is 16.0. The number of carbonyl (C=O) groups is 1. The number of hydrogen-bond donors (Lipinski definition) is 1. The third-order valence-electron chi connectivity index (χ3n) is 4.60. The molecule has 0 aliphatic carbocycles. The van der Waals surface area contributed by atoms with Gasteiger partial charge in [-0.2, -0.15) is 0 Å². The number of hydrogen-bond acceptors (Lipinski definition) is 5. The Morgan fingerprint density at radius 2 is 1.52 bits per heavy atom. The van der Waals surface area contributed by atoms with E-state index in [-0.39, 0.29) is 5.91 Å². The van der Waals surface area contributed by atoms with E-state index in [0.29, 0.717) is 34.5 Å². The fraction of sp³-hybridized carbons (Fsp3) is 0.350. The molecule has 156 valence electrons. The topological polar surface area (TPSA) is 81.9 Å². The number of amides is 1. The molecular weight excluding hydrogens is 434 g/mol. The summed E-state index contributed by atoms with van der Waals surface area (Å²) in [6, 6.07) is 12.3. The first-order valence-corrected chi connectivity index (χ1v) is 11.7. The van der Waals surface area contributed by atoms with Gasteiger partial charge < -0.3 is 19.7 Å². The third kappa shape index (κ3) is 5.46. The highest BCUT2D eigenvalue weighted by atomic mass is 35.5. The van der Waals surface area contributed by atoms with E-state index < -0.39 is 19.4 Å². The second-order valence-electron chi connectivity index (χ2n) is 6.93. The molecule has 0 saturated carbocycles. The van der Waals surface area contributed by atoms with Crippen LogP contribution in [0.15, 0.2) is 48.5 Å². The van der Waals surface area contributed by atoms with E-state index in [1.165, 1.54) is 4.90 Å². The highest BCUT2D eigenvalue weighted by Crippen LogP contribution is 2.56. The number of benzene rings is 2. The van der Waals surface area contributed by atoms with Crippen molar-refractivity contribution >= 4 is 36.7 Å². The molecule has 2 aromatic rings. The Morgan fingerprint density at radius 3 is 1.97 bits per heavy atom. The first-order chi connectivity index (χ1) is 13.8. The van der Waals surface area contributed by atoms with Crippen LogP contribution in [-0.4, -0.2) is 29.2 Å². The Bertz CT molecular complexity index is 839. The average molecular weight is 457 g/mol. The highest BCUT2D eigenvalue weighted by Gasteiger charge is 2.46. The van der Waals surface area contributed by atoms with Crippen molar-refractivity contribution in [3.63, 3.8) is 0 Å². The third-order valence-corrected chi connectivity index (χ3v) is 7.30. The molecule has 1 aliphatic heterocycles. The van der Waals surface area contributed by atoms with Crippen LogP contribution in [0, 0.1) is 0 Å². The summed E-state index contributed by atoms with van der Waals surface area (Å²) in [5.41, 5.74) is 5.82. The maximum absolute atomic E-state index is 14.1. The predicted octanol–water partition coefficient (Wildman–Crippen LogP) is 5.33. The van der Waals surface area contributed by atoms with E-state index in [0.717, 1.165) is 12.8 Å². The smallest absolute Gasteiger partial charge is 0.415 e. The van der Waals surface area contributed by atoms with Gasteiger partial charge in [0.1, 0.15) is 11.5 Å². The lowest BCUT2D eigenvalue weighted by atomic mass is 10.1. The summed E-state index contributed by atoms with van der Waals surface area (Å²) >= 11 is 11.9. The summed E-state index contributed by atoms with van der Waals surface area (Å²) in [6.45, 7) is 2.06. The Hall–Kier alpha value is -1.72. The van der Waals surface area contributed by atoms with Crippen molar-refractivity contribution in [1.82, 2.24) is 4.90 Å². The minimum atomic E-state index is -3.86. The van der Waals surface area contributed by atoms with Crippen molar-refractivity contribution in [2.45, 2.75) is 38.0 Å². The molecule has 3 rings (SSSR count). The largest absolute Gasteiger partial charge is 0.453 e. The molecule has 0 bridgehead atoms. The van der Waals surface area contributed by atoms with Gasteiger partial charge in [0.2, 0.25) is 5.91 Å². The van der Waals surface area contributed by atoms with Gasteiger partial charge in [-0.15, -0.1) is 0 Å². The van der Waals surface area contributed by atoms with Crippen molar-refractivity contribution in [3.8, 4) is 11.5 Å². The standard InChI is InChI=1S/C20H23Cl2N2O4P/c1-14(23)20(25)24-13-3-2-4-19(24)29(26,27-17-9-5-15(21)6-10-17)28-18-11-7-16(22)8-12-18/h5-12,14,19H,2-4,13,23H2,1H3. The van der Waals surface area contributed by atoms with Gasteiger partial charge in [-0.05, 0) is 74.7 Å². The van der Waals surface area contributed by atoms with Gasteiger partial charge in [0.05, 0.1) is 6.04 Å². The Kier molecular flexibility index (Phi) is 7.12. The summed E-state index contributed by atoms with van der Waals surface area (Å²) in [4.78, 5) is 14.2. The SMILES string of the molecule is CC(N)C(=O)N1CCCCC1P(=O)(Oc1ccc(Cl)cc1)Oc1ccc(Cl)cc1. The minimum absolute atomic E-state index is 0.283. The van der Waals surface area contributed by atoms with Crippen LogP contribution in [0.1, 0.15) is 26.2 Å². The lowest BCUT2D eigenvalue weighted by molar-refractivity contribution is -0.134. The monoisotopic (exact) mass is 456 g/mol. The lowest BCUT2D eigenvalue weighted by Gasteiger charge is -2.39. The molecule has 29 heavy (non-hydrogen) atoms. The van der Waals surface area contributed by atoms with E-state index in [1.54, 1.807) is 55.5 Å². The van der Waals surface area contributed by atoms with Crippen molar-refractivity contribution in [1.29, 1.82) is 0 Å². The molecule has 1 fully saturated rings. The number of rotatable bonds is 6. The van der Waals surface area contributed by atoms with Crippen LogP contribution in [0.3, 0.4) is 0 Å². The van der Waals surface area contributed by atoms with Gasteiger partial charge in [0.15, 0.2) is 5.78 Å². The van der Waals surface area contributed by atoms with Crippen LogP contribution in [0.4, 0.5) is 0 Å². The predicted molar refractivity (Wildman–Crippen MR) is 115 cm³/mol. The minimum Gasteiger partial charge on any atom is -0.415 e. The van der Waals surface area contributed by atoms with E-state index in [2.05, 4.69) is 0 Å². The summed E-state index contributed by atoms with van der Waals surface area (Å²) in [5, 5.41) is 1.05. The zero-order chi connectivity index (χ0) is 21.0. The van der Waals surface area contributed by atoms with Crippen LogP contribution >= 0.6 is 30.8 Å². The first-order valence-electron chi connectivity index (χ1n) is 9.34. The van der Waals surface area contributed by atoms with E-state index >= 15 is 0 Å². The van der Waals surface area contributed by atoms with Crippen LogP contribution < -0.4 is 14.8 Å². The second-order valence-corrected chi connectivity index (χ2v) is 9.84. The average Bonchev–Trinajstić information content (AvgIpc) is 2.71. The molecule has 1 aliphatic rings. The zero-order valence-corrected chi connectivity index (χ0v) is 18.4. The summed E-state index contributed by atoms with van der Waals surface area (Å²) in [6.07, 6.45) is 2.08. The molecular formula is C20H23Cl2N2O4P. The van der Waals surface area contributed by atoms with Crippen molar-refractivity contribution in [2.24, 2.45) is 5.73 Å². The molecule has 0 aromatic heterocycles. The van der Waals surface area contributed by atoms with Crippen molar-refractivity contribution < 1.29 is 18.4 Å². The van der Waals surface area contributed by atoms with Crippen molar-refractivity contribution in [2.75, 3.05) is 6.54 Å². The van der Waals surface area contributed by atoms with Crippen LogP contribution in [0.25, 0.3) is 0 Å². The molecule has 0 spiro atoms. The Labute approximate surface area is 180 Å². The number of likely N-dealkylation sites (tertiary alicyclic amines) is 1. The maximum Gasteiger partial charge on any atom is 0.453 e. The lowest BCUT2D eigenvalue weighted by Crippen LogP contribution is -2.50. The molecule has 1 heterocycles. The normalized spacial score (nSPS) is 18.2. The molecule has 2 atom stereocenters. The van der Waals surface area contributed by atoms with Crippen LogP contribution in [0.5, 0.6) is 11.5 Å². The second kappa shape index (κ2) is 9.40. The van der Waals surface area contributed by atoms with Crippen molar-refractivity contribution in [3.05, 3.63) is 58.6 Å². The van der Waals surface area contributed by atoms with Gasteiger partial charge in [0.25, 0.3) is 0 Å². The number of nitrogens with two attached hydrogens (primary N) is 1. The number of nitrogens with zero attached hydrogens (tertiary/aromatic N) is 1. The molecule has 1 amide bonds. The highest BCUT2D eigenvalue weighted by molar-refractivity contribution is 7.55. The molecule has 2 unspecified atom stereocenters. The first kappa shape index (κ1) is 22.0. The fourth-order valence-electron chi connectivity index (χ4n) is 3.19. The Balaban J connectivity index is 1.97. The maximum atomic E-state index is 14.1. The van der Waals surface area contributed by atoms with Gasteiger partial charge in [-0.1, -0.05) is 23.2 Å².